The number of pyridine rings is 1. The molecule has 1 aromatic heterocycles. The van der Waals surface area contributed by atoms with Gasteiger partial charge in [-0.3, -0.25) is 4.72 Å². The second-order valence-electron chi connectivity index (χ2n) is 5.68. The number of hydrogen-bond donors (Lipinski definition) is 1. The Hall–Kier alpha value is -2.64. The van der Waals surface area contributed by atoms with E-state index >= 15 is 0 Å². The van der Waals surface area contributed by atoms with Gasteiger partial charge in [0.2, 0.25) is 0 Å². The molecule has 3 rings (SSSR count). The van der Waals surface area contributed by atoms with Gasteiger partial charge in [-0.15, -0.1) is 0 Å². The van der Waals surface area contributed by atoms with Crippen molar-refractivity contribution < 1.29 is 8.42 Å². The lowest BCUT2D eigenvalue weighted by Gasteiger charge is -2.12. The van der Waals surface area contributed by atoms with E-state index in [0.29, 0.717) is 11.4 Å². The highest BCUT2D eigenvalue weighted by atomic mass is 127. The molecule has 0 saturated carbocycles. The van der Waals surface area contributed by atoms with Crippen LogP contribution in [0.3, 0.4) is 0 Å². The highest BCUT2D eigenvalue weighted by Crippen LogP contribution is 2.23. The number of nitrogens with one attached hydrogen (secondary N) is 1. The fraction of sp³-hybridized carbons (Fsp3) is 0.0526. The number of sulfonamides is 1. The molecule has 2 aromatic carbocycles. The maximum Gasteiger partial charge on any atom is 0.263 e. The van der Waals surface area contributed by atoms with Crippen molar-refractivity contribution in [2.24, 2.45) is 0 Å². The molecule has 0 amide bonds. The van der Waals surface area contributed by atoms with Crippen molar-refractivity contribution in [3.63, 3.8) is 0 Å². The van der Waals surface area contributed by atoms with Crippen molar-refractivity contribution in [1.82, 2.24) is 4.98 Å². The van der Waals surface area contributed by atoms with E-state index in [0.717, 1.165) is 11.1 Å². The molecule has 27 heavy (non-hydrogen) atoms. The van der Waals surface area contributed by atoms with Crippen LogP contribution in [0.1, 0.15) is 5.56 Å². The number of nitriles is 1. The third-order valence-electron chi connectivity index (χ3n) is 3.80. The summed E-state index contributed by atoms with van der Waals surface area (Å²) in [5.74, 6) is 0.902. The summed E-state index contributed by atoms with van der Waals surface area (Å²) in [7, 11) is -1.92. The Labute approximate surface area is 172 Å². The van der Waals surface area contributed by atoms with E-state index < -0.39 is 10.0 Å². The lowest BCUT2D eigenvalue weighted by atomic mass is 10.0. The first-order valence-corrected chi connectivity index (χ1v) is 10.3. The Morgan fingerprint density at radius 2 is 1.59 bits per heavy atom. The second-order valence-corrected chi connectivity index (χ2v) is 8.81. The van der Waals surface area contributed by atoms with Crippen molar-refractivity contribution in [2.75, 3.05) is 14.9 Å². The molecule has 0 atom stereocenters. The zero-order valence-electron chi connectivity index (χ0n) is 14.3. The zero-order chi connectivity index (χ0) is 19.4. The van der Waals surface area contributed by atoms with E-state index in [-0.39, 0.29) is 10.7 Å². The molecule has 6 nitrogen and oxygen atoms in total. The van der Waals surface area contributed by atoms with Crippen LogP contribution in [0.25, 0.3) is 11.1 Å². The first-order chi connectivity index (χ1) is 12.9. The highest BCUT2D eigenvalue weighted by molar-refractivity contribution is 14.1. The SMILES string of the molecule is CN(I)c1cccc(NS(=O)(=O)c2ccc(-c3ccc(C#N)cc3)cc2)n1. The van der Waals surface area contributed by atoms with Crippen LogP contribution in [0.2, 0.25) is 0 Å². The van der Waals surface area contributed by atoms with Gasteiger partial charge in [0, 0.05) is 7.05 Å². The summed E-state index contributed by atoms with van der Waals surface area (Å²) in [5, 5.41) is 8.86. The molecule has 136 valence electrons. The van der Waals surface area contributed by atoms with E-state index in [1.54, 1.807) is 57.7 Å². The van der Waals surface area contributed by atoms with Crippen molar-refractivity contribution in [3.05, 3.63) is 72.3 Å². The predicted molar refractivity (Wildman–Crippen MR) is 114 cm³/mol. The Morgan fingerprint density at radius 3 is 2.15 bits per heavy atom. The number of halogens is 1. The molecule has 3 aromatic rings. The maximum absolute atomic E-state index is 12.6. The van der Waals surface area contributed by atoms with Crippen LogP contribution in [0.15, 0.2) is 71.6 Å². The summed E-state index contributed by atoms with van der Waals surface area (Å²) in [4.78, 5) is 4.41. The lowest BCUT2D eigenvalue weighted by Crippen LogP contribution is -2.14. The first kappa shape index (κ1) is 19.1. The molecular formula is C19H15IN4O2S. The van der Waals surface area contributed by atoms with Crippen molar-refractivity contribution in [2.45, 2.75) is 4.90 Å². The normalized spacial score (nSPS) is 10.9. The third kappa shape index (κ3) is 4.56. The van der Waals surface area contributed by atoms with Gasteiger partial charge in [-0.25, -0.2) is 13.4 Å². The van der Waals surface area contributed by atoms with Crippen LogP contribution in [0, 0.1) is 11.3 Å². The van der Waals surface area contributed by atoms with Gasteiger partial charge >= 0.3 is 0 Å². The van der Waals surface area contributed by atoms with Crippen molar-refractivity contribution in [1.29, 1.82) is 5.26 Å². The average molecular weight is 490 g/mol. The van der Waals surface area contributed by atoms with Gasteiger partial charge in [-0.05, 0) is 47.5 Å². The minimum Gasteiger partial charge on any atom is -0.302 e. The first-order valence-electron chi connectivity index (χ1n) is 7.89. The average Bonchev–Trinajstić information content (AvgIpc) is 2.68. The molecule has 0 aliphatic rings. The molecule has 1 N–H and O–H groups in total. The number of rotatable bonds is 5. The summed E-state index contributed by atoms with van der Waals surface area (Å²) in [6.07, 6.45) is 0. The van der Waals surface area contributed by atoms with Crippen LogP contribution in [0.5, 0.6) is 0 Å². The molecule has 0 fully saturated rings. The number of nitrogens with zero attached hydrogens (tertiary/aromatic N) is 3. The Balaban J connectivity index is 1.83. The van der Waals surface area contributed by atoms with Gasteiger partial charge in [0.05, 0.1) is 39.4 Å². The highest BCUT2D eigenvalue weighted by Gasteiger charge is 2.15. The maximum atomic E-state index is 12.6. The molecule has 0 spiro atoms. The van der Waals surface area contributed by atoms with Crippen molar-refractivity contribution >= 4 is 44.5 Å². The standard InChI is InChI=1S/C19H15IN4O2S/c1-24(20)19-4-2-3-18(22-19)23-27(25,26)17-11-9-16(10-12-17)15-7-5-14(13-21)6-8-15/h2-12H,1H3,(H,22,23). The molecule has 8 heteroatoms. The summed E-state index contributed by atoms with van der Waals surface area (Å²) >= 11 is 2.06. The predicted octanol–water partition coefficient (Wildman–Crippen LogP) is 4.21. The van der Waals surface area contributed by atoms with E-state index in [9.17, 15) is 8.42 Å². The van der Waals surface area contributed by atoms with E-state index in [2.05, 4.69) is 38.6 Å². The fourth-order valence-corrected chi connectivity index (χ4v) is 3.68. The summed E-state index contributed by atoms with van der Waals surface area (Å²) < 4.78 is 29.5. The molecule has 0 radical (unpaired) electrons. The topological polar surface area (TPSA) is 86.1 Å². The summed E-state index contributed by atoms with van der Waals surface area (Å²) in [5.41, 5.74) is 2.35. The van der Waals surface area contributed by atoms with Gasteiger partial charge in [0.25, 0.3) is 10.0 Å². The number of aromatic nitrogens is 1. The minimum atomic E-state index is -3.74. The zero-order valence-corrected chi connectivity index (χ0v) is 17.3. The Kier molecular flexibility index (Phi) is 5.62. The van der Waals surface area contributed by atoms with Gasteiger partial charge < -0.3 is 3.11 Å². The monoisotopic (exact) mass is 490 g/mol. The van der Waals surface area contributed by atoms with Crippen molar-refractivity contribution in [3.8, 4) is 17.2 Å². The summed E-state index contributed by atoms with van der Waals surface area (Å²) in [6.45, 7) is 0. The number of anilines is 2. The van der Waals surface area contributed by atoms with Crippen LogP contribution >= 0.6 is 22.9 Å². The van der Waals surface area contributed by atoms with E-state index in [1.807, 2.05) is 19.2 Å². The molecule has 0 unspecified atom stereocenters. The molecule has 0 aliphatic heterocycles. The van der Waals surface area contributed by atoms with Gasteiger partial charge in [-0.2, -0.15) is 5.26 Å². The number of benzene rings is 2. The summed E-state index contributed by atoms with van der Waals surface area (Å²) in [6, 6.07) is 20.9. The van der Waals surface area contributed by atoms with Gasteiger partial charge in [0.1, 0.15) is 11.6 Å². The van der Waals surface area contributed by atoms with Crippen LogP contribution in [-0.4, -0.2) is 20.4 Å². The van der Waals surface area contributed by atoms with Gasteiger partial charge in [0.15, 0.2) is 0 Å². The lowest BCUT2D eigenvalue weighted by molar-refractivity contribution is 0.601. The molecule has 0 saturated heterocycles. The van der Waals surface area contributed by atoms with Crippen LogP contribution in [-0.2, 0) is 10.0 Å². The second kappa shape index (κ2) is 7.94. The Bertz CT molecular complexity index is 1090. The molecule has 0 aliphatic carbocycles. The van der Waals surface area contributed by atoms with E-state index in [1.165, 1.54) is 0 Å². The third-order valence-corrected chi connectivity index (χ3v) is 5.67. The quantitative estimate of drug-likeness (QED) is 0.428. The van der Waals surface area contributed by atoms with Gasteiger partial charge in [-0.1, -0.05) is 30.3 Å². The smallest absolute Gasteiger partial charge is 0.263 e. The van der Waals surface area contributed by atoms with Crippen LogP contribution in [0.4, 0.5) is 11.6 Å². The van der Waals surface area contributed by atoms with Crippen LogP contribution < -0.4 is 7.84 Å². The largest absolute Gasteiger partial charge is 0.302 e. The molecule has 0 bridgehead atoms. The molecule has 1 heterocycles. The number of hydrogen-bond acceptors (Lipinski definition) is 5. The van der Waals surface area contributed by atoms with E-state index in [4.69, 9.17) is 5.26 Å². The fourth-order valence-electron chi connectivity index (χ4n) is 2.41. The Morgan fingerprint density at radius 1 is 1.00 bits per heavy atom. The molecular weight excluding hydrogens is 475 g/mol. The minimum absolute atomic E-state index is 0.148.